The van der Waals surface area contributed by atoms with Gasteiger partial charge < -0.3 is 0 Å². The Kier molecular flexibility index (Phi) is 5.71. The Morgan fingerprint density at radius 1 is 1.00 bits per heavy atom. The Balaban J connectivity index is 4.19. The smallest absolute Gasteiger partial charge is 0.152 e. The first kappa shape index (κ1) is 15.2. The van der Waals surface area contributed by atoms with Crippen LogP contribution in [0.15, 0.2) is 24.3 Å². The molecule has 0 rings (SSSR count). The number of hydrogen-bond acceptors (Lipinski definition) is 1. The average molecular weight is 222 g/mol. The number of allylic oxidation sites excluding steroid dienone is 4. The number of hydrogen-bond donors (Lipinski definition) is 0. The molecule has 0 aromatic heterocycles. The van der Waals surface area contributed by atoms with E-state index >= 15 is 0 Å². The van der Waals surface area contributed by atoms with Crippen molar-refractivity contribution in [1.29, 1.82) is 0 Å². The monoisotopic (exact) mass is 222 g/mol. The molecule has 0 aromatic carbocycles. The van der Waals surface area contributed by atoms with Gasteiger partial charge in [0.1, 0.15) is 0 Å². The molecule has 0 spiro atoms. The molecular formula is C15H26O. The van der Waals surface area contributed by atoms with Crippen molar-refractivity contribution in [3.05, 3.63) is 24.3 Å². The van der Waals surface area contributed by atoms with Crippen LogP contribution in [-0.2, 0) is 4.79 Å². The van der Waals surface area contributed by atoms with Crippen LogP contribution in [0.25, 0.3) is 0 Å². The highest BCUT2D eigenvalue weighted by Gasteiger charge is 2.13. The predicted molar refractivity (Wildman–Crippen MR) is 71.4 cm³/mol. The van der Waals surface area contributed by atoms with Crippen LogP contribution in [0.5, 0.6) is 0 Å². The summed E-state index contributed by atoms with van der Waals surface area (Å²) >= 11 is 0. The molecule has 0 N–H and O–H groups in total. The molecule has 0 radical (unpaired) electrons. The lowest BCUT2D eigenvalue weighted by Gasteiger charge is -2.20. The Morgan fingerprint density at radius 2 is 1.56 bits per heavy atom. The van der Waals surface area contributed by atoms with Gasteiger partial charge in [-0.3, -0.25) is 4.79 Å². The van der Waals surface area contributed by atoms with Crippen LogP contribution in [0.1, 0.15) is 54.4 Å². The van der Waals surface area contributed by atoms with Crippen molar-refractivity contribution in [3.63, 3.8) is 0 Å². The highest BCUT2D eigenvalue weighted by molar-refractivity contribution is 5.87. The lowest BCUT2D eigenvalue weighted by Crippen LogP contribution is -2.07. The molecule has 0 atom stereocenters. The second-order valence-electron chi connectivity index (χ2n) is 6.37. The van der Waals surface area contributed by atoms with Gasteiger partial charge in [-0.25, -0.2) is 0 Å². The van der Waals surface area contributed by atoms with Gasteiger partial charge in [-0.15, -0.1) is 0 Å². The fourth-order valence-corrected chi connectivity index (χ4v) is 1.33. The maximum atomic E-state index is 10.8. The molecule has 0 bridgehead atoms. The molecule has 0 aliphatic rings. The molecule has 92 valence electrons. The van der Waals surface area contributed by atoms with E-state index in [1.54, 1.807) is 13.0 Å². The first-order valence-corrected chi connectivity index (χ1v) is 5.97. The highest BCUT2D eigenvalue weighted by atomic mass is 16.1. The number of ketones is 1. The van der Waals surface area contributed by atoms with Crippen LogP contribution >= 0.6 is 0 Å². The zero-order valence-corrected chi connectivity index (χ0v) is 11.6. The largest absolute Gasteiger partial charge is 0.295 e. The third kappa shape index (κ3) is 9.70. The lowest BCUT2D eigenvalue weighted by atomic mass is 9.86. The summed E-state index contributed by atoms with van der Waals surface area (Å²) in [6.07, 6.45) is 10.1. The summed E-state index contributed by atoms with van der Waals surface area (Å²) in [6.45, 7) is 12.7. The topological polar surface area (TPSA) is 17.1 Å². The Bertz CT molecular complexity index is 274. The molecule has 0 amide bonds. The lowest BCUT2D eigenvalue weighted by molar-refractivity contribution is -0.112. The van der Waals surface area contributed by atoms with Gasteiger partial charge in [0.25, 0.3) is 0 Å². The van der Waals surface area contributed by atoms with E-state index in [1.807, 2.05) is 6.08 Å². The normalized spacial score (nSPS) is 13.9. The minimum absolute atomic E-state index is 0.120. The summed E-state index contributed by atoms with van der Waals surface area (Å²) < 4.78 is 0. The van der Waals surface area contributed by atoms with Gasteiger partial charge in [0, 0.05) is 0 Å². The molecule has 0 unspecified atom stereocenters. The maximum absolute atomic E-state index is 10.8. The molecule has 1 heteroatoms. The number of carbonyl (C=O) groups is 1. The fraction of sp³-hybridized carbons (Fsp3) is 0.667. The summed E-state index contributed by atoms with van der Waals surface area (Å²) in [6, 6.07) is 0. The van der Waals surface area contributed by atoms with Crippen molar-refractivity contribution < 1.29 is 4.79 Å². The van der Waals surface area contributed by atoms with Crippen LogP contribution in [0, 0.1) is 10.8 Å². The predicted octanol–water partition coefficient (Wildman–Crippen LogP) is 4.54. The Labute approximate surface area is 101 Å². The van der Waals surface area contributed by atoms with E-state index in [2.05, 4.69) is 46.8 Å². The zero-order valence-electron chi connectivity index (χ0n) is 11.6. The molecule has 16 heavy (non-hydrogen) atoms. The van der Waals surface area contributed by atoms with Crippen LogP contribution in [0.3, 0.4) is 0 Å². The van der Waals surface area contributed by atoms with Gasteiger partial charge in [0.05, 0.1) is 0 Å². The van der Waals surface area contributed by atoms with Crippen LogP contribution in [0.2, 0.25) is 0 Å². The quantitative estimate of drug-likeness (QED) is 0.493. The summed E-state index contributed by atoms with van der Waals surface area (Å²) in [5.74, 6) is 0.120. The van der Waals surface area contributed by atoms with E-state index in [4.69, 9.17) is 0 Å². The molecule has 0 saturated heterocycles. The standard InChI is InChI=1S/C15H26O/c1-13(16)9-7-11-15(5,6)12-8-10-14(2,3)4/h7-9,12H,10-11H2,1-6H3/b9-7+,12-8+. The number of rotatable bonds is 5. The summed E-state index contributed by atoms with van der Waals surface area (Å²) in [5, 5.41) is 0. The van der Waals surface area contributed by atoms with Crippen molar-refractivity contribution in [3.8, 4) is 0 Å². The molecule has 0 heterocycles. The van der Waals surface area contributed by atoms with Crippen LogP contribution in [0.4, 0.5) is 0 Å². The molecule has 0 fully saturated rings. The molecule has 0 aromatic rings. The van der Waals surface area contributed by atoms with E-state index < -0.39 is 0 Å². The minimum Gasteiger partial charge on any atom is -0.295 e. The van der Waals surface area contributed by atoms with Crippen molar-refractivity contribution in [2.75, 3.05) is 0 Å². The van der Waals surface area contributed by atoms with Crippen molar-refractivity contribution in [2.45, 2.75) is 54.4 Å². The van der Waals surface area contributed by atoms with Gasteiger partial charge in [0.15, 0.2) is 5.78 Å². The summed E-state index contributed by atoms with van der Waals surface area (Å²) in [7, 11) is 0. The van der Waals surface area contributed by atoms with Crippen LogP contribution in [-0.4, -0.2) is 5.78 Å². The van der Waals surface area contributed by atoms with E-state index in [1.165, 1.54) is 0 Å². The van der Waals surface area contributed by atoms with E-state index in [0.29, 0.717) is 5.41 Å². The molecule has 0 aliphatic carbocycles. The van der Waals surface area contributed by atoms with E-state index in [0.717, 1.165) is 12.8 Å². The third-order valence-corrected chi connectivity index (χ3v) is 2.30. The third-order valence-electron chi connectivity index (χ3n) is 2.30. The second-order valence-corrected chi connectivity index (χ2v) is 6.37. The second kappa shape index (κ2) is 6.03. The summed E-state index contributed by atoms with van der Waals surface area (Å²) in [4.78, 5) is 10.8. The fourth-order valence-electron chi connectivity index (χ4n) is 1.33. The van der Waals surface area contributed by atoms with Crippen molar-refractivity contribution >= 4 is 5.78 Å². The zero-order chi connectivity index (χ0) is 12.8. The van der Waals surface area contributed by atoms with Gasteiger partial charge in [-0.2, -0.15) is 0 Å². The van der Waals surface area contributed by atoms with E-state index in [-0.39, 0.29) is 11.2 Å². The van der Waals surface area contributed by atoms with Crippen molar-refractivity contribution in [2.24, 2.45) is 10.8 Å². The van der Waals surface area contributed by atoms with E-state index in [9.17, 15) is 4.79 Å². The number of carbonyl (C=O) groups excluding carboxylic acids is 1. The van der Waals surface area contributed by atoms with Gasteiger partial charge in [0.2, 0.25) is 0 Å². The first-order chi connectivity index (χ1) is 7.12. The van der Waals surface area contributed by atoms with Gasteiger partial charge >= 0.3 is 0 Å². The van der Waals surface area contributed by atoms with Gasteiger partial charge in [-0.05, 0) is 36.7 Å². The minimum atomic E-state index is 0.120. The average Bonchev–Trinajstić information content (AvgIpc) is 1.99. The summed E-state index contributed by atoms with van der Waals surface area (Å²) in [5.41, 5.74) is 0.485. The molecule has 0 aliphatic heterocycles. The van der Waals surface area contributed by atoms with Crippen molar-refractivity contribution in [1.82, 2.24) is 0 Å². The molecular weight excluding hydrogens is 196 g/mol. The highest BCUT2D eigenvalue weighted by Crippen LogP contribution is 2.25. The Hall–Kier alpha value is -0.850. The SMILES string of the molecule is CC(=O)/C=C/CC(C)(C)/C=C/CC(C)(C)C. The Morgan fingerprint density at radius 3 is 2.00 bits per heavy atom. The molecule has 1 nitrogen and oxygen atoms in total. The first-order valence-electron chi connectivity index (χ1n) is 5.97. The van der Waals surface area contributed by atoms with Gasteiger partial charge in [-0.1, -0.05) is 52.8 Å². The molecule has 0 saturated carbocycles. The van der Waals surface area contributed by atoms with Crippen LogP contribution < -0.4 is 0 Å². The maximum Gasteiger partial charge on any atom is 0.152 e.